The quantitative estimate of drug-likeness (QED) is 0.516. The normalized spacial score (nSPS) is 10.2. The highest BCUT2D eigenvalue weighted by Gasteiger charge is 2.13. The van der Waals surface area contributed by atoms with Crippen molar-refractivity contribution in [3.05, 3.63) is 48.5 Å². The van der Waals surface area contributed by atoms with Gasteiger partial charge in [0, 0.05) is 20.7 Å². The maximum absolute atomic E-state index is 10.9. The van der Waals surface area contributed by atoms with Crippen LogP contribution in [0.3, 0.4) is 0 Å². The van der Waals surface area contributed by atoms with Crippen LogP contribution in [0.5, 0.6) is 0 Å². The monoisotopic (exact) mass is 361 g/mol. The molecule has 2 rings (SSSR count). The second kappa shape index (κ2) is 5.41. The smallest absolute Gasteiger partial charge is 0.293 e. The molecule has 0 saturated heterocycles. The molecule has 0 aliphatic heterocycles. The van der Waals surface area contributed by atoms with Crippen LogP contribution in [-0.2, 0) is 6.54 Å². The number of benzene rings is 1. The van der Waals surface area contributed by atoms with Crippen LogP contribution in [0.4, 0.5) is 11.4 Å². The number of nitro groups is 1. The Kier molecular flexibility index (Phi) is 3.89. The van der Waals surface area contributed by atoms with Crippen LogP contribution in [0.2, 0.25) is 0 Å². The van der Waals surface area contributed by atoms with Crippen LogP contribution in [-0.4, -0.2) is 9.91 Å². The highest BCUT2D eigenvalue weighted by Crippen LogP contribution is 2.26. The molecule has 0 saturated carbocycles. The summed E-state index contributed by atoms with van der Waals surface area (Å²) in [5, 5.41) is 13.9. The lowest BCUT2D eigenvalue weighted by molar-refractivity contribution is -0.384. The molecule has 1 heterocycles. The van der Waals surface area contributed by atoms with Crippen molar-refractivity contribution >= 4 is 45.3 Å². The van der Waals surface area contributed by atoms with E-state index in [1.807, 2.05) is 6.07 Å². The summed E-state index contributed by atoms with van der Waals surface area (Å²) in [6.07, 6.45) is 1.75. The van der Waals surface area contributed by atoms with E-state index in [0.717, 1.165) is 8.45 Å². The lowest BCUT2D eigenvalue weighted by Crippen LogP contribution is -2.01. The molecule has 88 valence electrons. The first-order valence-electron chi connectivity index (χ1n) is 4.72. The molecule has 0 aliphatic carbocycles. The summed E-state index contributed by atoms with van der Waals surface area (Å²) in [6.45, 7) is 0.548. The zero-order valence-corrected chi connectivity index (χ0v) is 11.6. The van der Waals surface area contributed by atoms with Gasteiger partial charge in [-0.15, -0.1) is 11.3 Å². The zero-order chi connectivity index (χ0) is 12.3. The first-order chi connectivity index (χ1) is 8.16. The molecule has 0 amide bonds. The van der Waals surface area contributed by atoms with Gasteiger partial charge in [0.2, 0.25) is 0 Å². The molecular formula is C10H8IN3O2S. The Morgan fingerprint density at radius 1 is 1.53 bits per heavy atom. The minimum absolute atomic E-state index is 0.0985. The van der Waals surface area contributed by atoms with Gasteiger partial charge in [0.25, 0.3) is 5.69 Å². The number of nitrogens with zero attached hydrogens (tertiary/aromatic N) is 2. The summed E-state index contributed by atoms with van der Waals surface area (Å²) in [4.78, 5) is 15.5. The molecule has 5 nitrogen and oxygen atoms in total. The number of anilines is 1. The fourth-order valence-electron chi connectivity index (χ4n) is 1.32. The van der Waals surface area contributed by atoms with Crippen molar-refractivity contribution in [2.45, 2.75) is 6.54 Å². The number of nitrogens with one attached hydrogen (secondary N) is 1. The van der Waals surface area contributed by atoms with Crippen molar-refractivity contribution in [2.75, 3.05) is 5.32 Å². The van der Waals surface area contributed by atoms with Gasteiger partial charge in [0.05, 0.1) is 17.0 Å². The third kappa shape index (κ3) is 3.13. The van der Waals surface area contributed by atoms with Gasteiger partial charge in [0.15, 0.2) is 0 Å². The van der Waals surface area contributed by atoms with Gasteiger partial charge in [-0.25, -0.2) is 0 Å². The van der Waals surface area contributed by atoms with E-state index in [1.165, 1.54) is 11.3 Å². The highest BCUT2D eigenvalue weighted by molar-refractivity contribution is 14.1. The molecule has 0 aliphatic rings. The number of nitro benzene ring substituents is 1. The van der Waals surface area contributed by atoms with Gasteiger partial charge in [-0.1, -0.05) is 0 Å². The maximum Gasteiger partial charge on any atom is 0.293 e. The molecule has 0 bridgehead atoms. The molecule has 1 aromatic carbocycles. The summed E-state index contributed by atoms with van der Waals surface area (Å²) >= 11 is 3.57. The number of hydrogen-bond acceptors (Lipinski definition) is 5. The molecule has 0 atom stereocenters. The Hall–Kier alpha value is -1.22. The average molecular weight is 361 g/mol. The van der Waals surface area contributed by atoms with Crippen molar-refractivity contribution in [3.63, 3.8) is 0 Å². The van der Waals surface area contributed by atoms with E-state index < -0.39 is 0 Å². The molecule has 0 fully saturated rings. The van der Waals surface area contributed by atoms with Gasteiger partial charge >= 0.3 is 0 Å². The van der Waals surface area contributed by atoms with E-state index in [-0.39, 0.29) is 10.6 Å². The van der Waals surface area contributed by atoms with E-state index in [9.17, 15) is 10.1 Å². The molecule has 0 spiro atoms. The molecule has 2 aromatic rings. The zero-order valence-electron chi connectivity index (χ0n) is 8.59. The van der Waals surface area contributed by atoms with Crippen LogP contribution < -0.4 is 5.32 Å². The summed E-state index contributed by atoms with van der Waals surface area (Å²) in [6, 6.07) is 5.11. The fraction of sp³-hybridized carbons (Fsp3) is 0.100. The second-order valence-corrected chi connectivity index (χ2v) is 5.46. The lowest BCUT2D eigenvalue weighted by Gasteiger charge is -2.05. The Labute approximate surface area is 115 Å². The first-order valence-corrected chi connectivity index (χ1v) is 6.68. The van der Waals surface area contributed by atoms with Gasteiger partial charge in [0.1, 0.15) is 5.69 Å². The predicted octanol–water partition coefficient (Wildman–Crippen LogP) is 3.27. The predicted molar refractivity (Wildman–Crippen MR) is 75.3 cm³/mol. The molecule has 17 heavy (non-hydrogen) atoms. The molecule has 1 aromatic heterocycles. The third-order valence-corrected chi connectivity index (χ3v) is 3.54. The Morgan fingerprint density at radius 2 is 2.35 bits per heavy atom. The van der Waals surface area contributed by atoms with Crippen molar-refractivity contribution in [3.8, 4) is 0 Å². The number of thiazole rings is 1. The molecule has 7 heteroatoms. The average Bonchev–Trinajstić information content (AvgIpc) is 2.80. The van der Waals surface area contributed by atoms with Gasteiger partial charge < -0.3 is 5.32 Å². The van der Waals surface area contributed by atoms with Crippen LogP contribution in [0.1, 0.15) is 4.88 Å². The van der Waals surface area contributed by atoms with E-state index >= 15 is 0 Å². The van der Waals surface area contributed by atoms with Crippen molar-refractivity contribution in [1.29, 1.82) is 0 Å². The number of aromatic nitrogens is 1. The Bertz CT molecular complexity index is 530. The van der Waals surface area contributed by atoms with E-state index in [0.29, 0.717) is 12.2 Å². The second-order valence-electron chi connectivity index (χ2n) is 3.24. The van der Waals surface area contributed by atoms with Crippen LogP contribution in [0, 0.1) is 13.7 Å². The maximum atomic E-state index is 10.9. The van der Waals surface area contributed by atoms with Crippen molar-refractivity contribution in [2.24, 2.45) is 0 Å². The summed E-state index contributed by atoms with van der Waals surface area (Å²) in [7, 11) is 0. The van der Waals surface area contributed by atoms with Crippen LogP contribution >= 0.6 is 33.9 Å². The Morgan fingerprint density at radius 3 is 3.00 bits per heavy atom. The number of rotatable bonds is 4. The van der Waals surface area contributed by atoms with Gasteiger partial charge in [-0.05, 0) is 34.7 Å². The van der Waals surface area contributed by atoms with Crippen molar-refractivity contribution < 1.29 is 4.92 Å². The van der Waals surface area contributed by atoms with Gasteiger partial charge in [-0.2, -0.15) is 0 Å². The summed E-state index contributed by atoms with van der Waals surface area (Å²) in [5.74, 6) is 0. The van der Waals surface area contributed by atoms with E-state index in [4.69, 9.17) is 0 Å². The largest absolute Gasteiger partial charge is 0.375 e. The van der Waals surface area contributed by atoms with Crippen molar-refractivity contribution in [1.82, 2.24) is 4.98 Å². The third-order valence-electron chi connectivity index (χ3n) is 2.09. The number of halogens is 1. The SMILES string of the molecule is O=[N+]([O-])c1cc(I)ccc1NCc1cncs1. The molecule has 0 radical (unpaired) electrons. The van der Waals surface area contributed by atoms with Crippen LogP contribution in [0.25, 0.3) is 0 Å². The highest BCUT2D eigenvalue weighted by atomic mass is 127. The summed E-state index contributed by atoms with van der Waals surface area (Å²) in [5.41, 5.74) is 2.37. The molecule has 1 N–H and O–H groups in total. The summed E-state index contributed by atoms with van der Waals surface area (Å²) < 4.78 is 0.845. The molecule has 0 unspecified atom stereocenters. The van der Waals surface area contributed by atoms with Gasteiger partial charge in [-0.3, -0.25) is 15.1 Å². The topological polar surface area (TPSA) is 68.1 Å². The van der Waals surface area contributed by atoms with E-state index in [1.54, 1.807) is 23.8 Å². The lowest BCUT2D eigenvalue weighted by atomic mass is 10.2. The fourth-order valence-corrected chi connectivity index (χ4v) is 2.33. The number of hydrogen-bond donors (Lipinski definition) is 1. The standard InChI is InChI=1S/C10H8IN3O2S/c11-7-1-2-9(10(3-7)14(15)16)13-5-8-4-12-6-17-8/h1-4,6,13H,5H2. The molecular weight excluding hydrogens is 353 g/mol. The van der Waals surface area contributed by atoms with E-state index in [2.05, 4.69) is 32.9 Å². The van der Waals surface area contributed by atoms with Crippen LogP contribution in [0.15, 0.2) is 29.9 Å². The first kappa shape index (κ1) is 12.2. The minimum atomic E-state index is -0.378. The Balaban J connectivity index is 2.17. The minimum Gasteiger partial charge on any atom is -0.375 e.